The van der Waals surface area contributed by atoms with E-state index in [2.05, 4.69) is 0 Å². The van der Waals surface area contributed by atoms with E-state index in [1.807, 2.05) is 0 Å². The van der Waals surface area contributed by atoms with Gasteiger partial charge >= 0.3 is 18.1 Å². The Morgan fingerprint density at radius 1 is 1.22 bits per heavy atom. The lowest BCUT2D eigenvalue weighted by Gasteiger charge is -2.24. The second-order valence-corrected chi connectivity index (χ2v) is 6.83. The molecule has 9 heteroatoms. The molecule has 23 heavy (non-hydrogen) atoms. The van der Waals surface area contributed by atoms with Crippen molar-refractivity contribution in [2.45, 2.75) is 37.8 Å². The number of benzene rings is 1. The molecule has 0 saturated carbocycles. The van der Waals surface area contributed by atoms with Crippen molar-refractivity contribution < 1.29 is 36.1 Å². The molecular formula is C14H15F5O3S. The highest BCUT2D eigenvalue weighted by molar-refractivity contribution is 7.85. The Labute approximate surface area is 132 Å². The largest absolute Gasteiger partial charge is 0.478 e. The van der Waals surface area contributed by atoms with Crippen molar-refractivity contribution in [1.29, 1.82) is 0 Å². The van der Waals surface area contributed by atoms with Crippen molar-refractivity contribution >= 4 is 16.8 Å². The van der Waals surface area contributed by atoms with Gasteiger partial charge in [-0.2, -0.15) is 22.0 Å². The van der Waals surface area contributed by atoms with Gasteiger partial charge < -0.3 is 5.11 Å². The summed E-state index contributed by atoms with van der Waals surface area (Å²) in [6.45, 7) is 4.32. The normalized spacial score (nSPS) is 14.1. The van der Waals surface area contributed by atoms with Crippen LogP contribution in [-0.2, 0) is 16.7 Å². The van der Waals surface area contributed by atoms with Crippen LogP contribution in [0.25, 0.3) is 0 Å². The summed E-state index contributed by atoms with van der Waals surface area (Å²) in [7, 11) is -2.19. The first-order chi connectivity index (χ1) is 10.3. The molecule has 0 radical (unpaired) electrons. The van der Waals surface area contributed by atoms with Crippen LogP contribution in [0, 0.1) is 12.8 Å². The summed E-state index contributed by atoms with van der Waals surface area (Å²) in [5.74, 6) is -7.12. The molecule has 0 aliphatic rings. The van der Waals surface area contributed by atoms with Gasteiger partial charge in [-0.25, -0.2) is 4.79 Å². The highest BCUT2D eigenvalue weighted by atomic mass is 32.2. The molecule has 1 rings (SSSR count). The molecule has 0 aliphatic carbocycles. The fourth-order valence-corrected chi connectivity index (χ4v) is 3.67. The number of hydrogen-bond donors (Lipinski definition) is 1. The molecule has 0 spiro atoms. The van der Waals surface area contributed by atoms with Gasteiger partial charge in [0, 0.05) is 11.3 Å². The van der Waals surface area contributed by atoms with Crippen molar-refractivity contribution in [3.63, 3.8) is 0 Å². The Morgan fingerprint density at radius 2 is 1.74 bits per heavy atom. The fraction of sp³-hybridized carbons (Fsp3) is 0.500. The minimum atomic E-state index is -5.87. The van der Waals surface area contributed by atoms with Crippen molar-refractivity contribution in [1.82, 2.24) is 0 Å². The van der Waals surface area contributed by atoms with Gasteiger partial charge in [0.1, 0.15) is 0 Å². The number of rotatable bonds is 5. The van der Waals surface area contributed by atoms with E-state index in [0.717, 1.165) is 6.92 Å². The number of carbonyl (C=O) groups is 1. The molecule has 1 atom stereocenters. The van der Waals surface area contributed by atoms with Gasteiger partial charge in [0.25, 0.3) is 0 Å². The van der Waals surface area contributed by atoms with Crippen LogP contribution in [0.3, 0.4) is 0 Å². The Balaban J connectivity index is 3.69. The van der Waals surface area contributed by atoms with Crippen LogP contribution in [-0.4, -0.2) is 27.2 Å². The van der Waals surface area contributed by atoms with Gasteiger partial charge in [0.15, 0.2) is 0 Å². The maximum atomic E-state index is 13.7. The number of carboxylic acid groups (broad SMARTS) is 1. The van der Waals surface area contributed by atoms with E-state index in [-0.39, 0.29) is 17.2 Å². The second kappa shape index (κ2) is 6.54. The monoisotopic (exact) mass is 358 g/mol. The van der Waals surface area contributed by atoms with Gasteiger partial charge in [-0.1, -0.05) is 19.9 Å². The van der Waals surface area contributed by atoms with Crippen LogP contribution in [0.4, 0.5) is 22.0 Å². The van der Waals surface area contributed by atoms with Crippen LogP contribution >= 0.6 is 0 Å². The summed E-state index contributed by atoms with van der Waals surface area (Å²) >= 11 is 0. The van der Waals surface area contributed by atoms with Crippen LogP contribution < -0.4 is 0 Å². The number of hydrogen-bond acceptors (Lipinski definition) is 2. The Kier molecular flexibility index (Phi) is 5.56. The van der Waals surface area contributed by atoms with Gasteiger partial charge in [0.05, 0.1) is 21.3 Å². The maximum absolute atomic E-state index is 13.7. The van der Waals surface area contributed by atoms with E-state index in [1.54, 1.807) is 13.8 Å². The molecule has 1 aromatic rings. The van der Waals surface area contributed by atoms with E-state index >= 15 is 0 Å². The van der Waals surface area contributed by atoms with E-state index in [0.29, 0.717) is 12.1 Å². The predicted molar refractivity (Wildman–Crippen MR) is 74.2 cm³/mol. The van der Waals surface area contributed by atoms with Crippen LogP contribution in [0.15, 0.2) is 17.0 Å². The number of halogens is 5. The highest BCUT2D eigenvalue weighted by Gasteiger charge is 2.60. The van der Waals surface area contributed by atoms with Crippen molar-refractivity contribution in [3.05, 3.63) is 28.8 Å². The van der Waals surface area contributed by atoms with Crippen LogP contribution in [0.5, 0.6) is 0 Å². The SMILES string of the molecule is Cc1c(C(=O)O)ccc(C(F)(F)C(F)(F)F)c1[S@](=O)CC(C)C. The van der Waals surface area contributed by atoms with E-state index in [1.165, 1.54) is 0 Å². The Morgan fingerprint density at radius 3 is 2.13 bits per heavy atom. The molecule has 1 aromatic carbocycles. The Hall–Kier alpha value is -1.51. The van der Waals surface area contributed by atoms with Gasteiger partial charge in [-0.15, -0.1) is 0 Å². The molecule has 0 heterocycles. The second-order valence-electron chi connectivity index (χ2n) is 5.40. The first-order valence-corrected chi connectivity index (χ1v) is 7.82. The molecule has 0 aliphatic heterocycles. The zero-order valence-corrected chi connectivity index (χ0v) is 13.3. The molecule has 130 valence electrons. The smallest absolute Gasteiger partial charge is 0.458 e. The number of carboxylic acids is 1. The van der Waals surface area contributed by atoms with E-state index in [4.69, 9.17) is 5.11 Å². The zero-order chi connectivity index (χ0) is 18.2. The summed E-state index contributed by atoms with van der Waals surface area (Å²) in [5.41, 5.74) is -2.27. The van der Waals surface area contributed by atoms with Gasteiger partial charge in [-0.05, 0) is 24.5 Å². The summed E-state index contributed by atoms with van der Waals surface area (Å²) in [4.78, 5) is 10.3. The van der Waals surface area contributed by atoms with Crippen molar-refractivity contribution in [2.24, 2.45) is 5.92 Å². The van der Waals surface area contributed by atoms with Crippen molar-refractivity contribution in [2.75, 3.05) is 5.75 Å². The van der Waals surface area contributed by atoms with Crippen molar-refractivity contribution in [3.8, 4) is 0 Å². The van der Waals surface area contributed by atoms with Gasteiger partial charge in [0.2, 0.25) is 0 Å². The average molecular weight is 358 g/mol. The Bertz CT molecular complexity index is 638. The lowest BCUT2D eigenvalue weighted by Crippen LogP contribution is -2.35. The molecule has 3 nitrogen and oxygen atoms in total. The molecule has 0 aromatic heterocycles. The van der Waals surface area contributed by atoms with E-state index < -0.39 is 44.9 Å². The standard InChI is InChI=1S/C14H15F5O3S/c1-7(2)6-23(22)11-8(3)9(12(20)21)4-5-10(11)13(15,16)14(17,18)19/h4-5,7H,6H2,1-3H3,(H,20,21)/t23-/m1/s1. The molecule has 0 amide bonds. The topological polar surface area (TPSA) is 54.4 Å². The summed E-state index contributed by atoms with van der Waals surface area (Å²) in [6, 6.07) is 1.06. The average Bonchev–Trinajstić information content (AvgIpc) is 2.35. The van der Waals surface area contributed by atoms with E-state index in [9.17, 15) is 31.0 Å². The molecule has 1 N–H and O–H groups in total. The molecule has 0 unspecified atom stereocenters. The third-order valence-corrected chi connectivity index (χ3v) is 4.99. The summed E-state index contributed by atoms with van der Waals surface area (Å²) in [5, 5.41) is 9.00. The predicted octanol–water partition coefficient (Wildman–Crippen LogP) is 4.11. The lowest BCUT2D eigenvalue weighted by atomic mass is 10.0. The van der Waals surface area contributed by atoms with Crippen LogP contribution in [0.2, 0.25) is 0 Å². The highest BCUT2D eigenvalue weighted by Crippen LogP contribution is 2.46. The quantitative estimate of drug-likeness (QED) is 0.806. The first kappa shape index (κ1) is 19.5. The molecule has 0 bridgehead atoms. The fourth-order valence-electron chi connectivity index (χ4n) is 2.00. The zero-order valence-electron chi connectivity index (χ0n) is 12.5. The third kappa shape index (κ3) is 3.88. The summed E-state index contributed by atoms with van der Waals surface area (Å²) in [6.07, 6.45) is -5.87. The first-order valence-electron chi connectivity index (χ1n) is 6.51. The molecular weight excluding hydrogens is 343 g/mol. The number of alkyl halides is 5. The van der Waals surface area contributed by atoms with Crippen LogP contribution in [0.1, 0.15) is 35.3 Å². The number of aromatic carboxylic acids is 1. The molecule has 0 fully saturated rings. The van der Waals surface area contributed by atoms with Gasteiger partial charge in [-0.3, -0.25) is 4.21 Å². The molecule has 0 saturated heterocycles. The third-order valence-electron chi connectivity index (χ3n) is 3.04. The minimum absolute atomic E-state index is 0.162. The summed E-state index contributed by atoms with van der Waals surface area (Å²) < 4.78 is 77.7. The minimum Gasteiger partial charge on any atom is -0.478 e. The lowest BCUT2D eigenvalue weighted by molar-refractivity contribution is -0.290. The maximum Gasteiger partial charge on any atom is 0.458 e.